The highest BCUT2D eigenvalue weighted by molar-refractivity contribution is 7.86. The van der Waals surface area contributed by atoms with Crippen molar-refractivity contribution < 1.29 is 13.0 Å². The molecular weight excluding hydrogens is 200 g/mol. The molecule has 1 aliphatic rings. The molecule has 0 heterocycles. The third-order valence-corrected chi connectivity index (χ3v) is 2.95. The van der Waals surface area contributed by atoms with E-state index in [1.165, 1.54) is 0 Å². The first-order valence-corrected chi connectivity index (χ1v) is 5.90. The van der Waals surface area contributed by atoms with E-state index in [0.29, 0.717) is 5.57 Å². The van der Waals surface area contributed by atoms with Crippen molar-refractivity contribution in [1.82, 2.24) is 0 Å². The Morgan fingerprint density at radius 2 is 2.00 bits per heavy atom. The van der Waals surface area contributed by atoms with Crippen LogP contribution in [0.5, 0.6) is 0 Å². The van der Waals surface area contributed by atoms with Crippen molar-refractivity contribution >= 4 is 15.7 Å². The van der Waals surface area contributed by atoms with E-state index >= 15 is 0 Å². The van der Waals surface area contributed by atoms with Gasteiger partial charge in [0.1, 0.15) is 5.75 Å². The first kappa shape index (κ1) is 9.43. The molecule has 14 heavy (non-hydrogen) atoms. The van der Waals surface area contributed by atoms with Crippen molar-refractivity contribution in [2.75, 3.05) is 5.75 Å². The summed E-state index contributed by atoms with van der Waals surface area (Å²) in [6.07, 6.45) is 2.60. The van der Waals surface area contributed by atoms with E-state index in [4.69, 9.17) is 4.55 Å². The van der Waals surface area contributed by atoms with Gasteiger partial charge < -0.3 is 0 Å². The van der Waals surface area contributed by atoms with Crippen LogP contribution in [-0.2, 0) is 16.5 Å². The maximum atomic E-state index is 10.7. The first-order valence-electron chi connectivity index (χ1n) is 4.29. The molecule has 1 aromatic carbocycles. The number of fused-ring (bicyclic) bond motifs is 1. The largest absolute Gasteiger partial charge is 0.285 e. The predicted molar refractivity (Wildman–Crippen MR) is 54.5 cm³/mol. The monoisotopic (exact) mass is 210 g/mol. The zero-order chi connectivity index (χ0) is 10.2. The highest BCUT2D eigenvalue weighted by Gasteiger charge is 2.17. The van der Waals surface area contributed by atoms with Gasteiger partial charge in [-0.15, -0.1) is 0 Å². The molecule has 1 aromatic rings. The van der Waals surface area contributed by atoms with E-state index < -0.39 is 10.1 Å². The van der Waals surface area contributed by atoms with Crippen molar-refractivity contribution in [2.45, 2.75) is 6.42 Å². The fourth-order valence-electron chi connectivity index (χ4n) is 1.69. The molecule has 0 fully saturated rings. The second kappa shape index (κ2) is 3.22. The van der Waals surface area contributed by atoms with Gasteiger partial charge in [0.25, 0.3) is 10.1 Å². The van der Waals surface area contributed by atoms with Crippen LogP contribution in [0.3, 0.4) is 0 Å². The molecule has 1 N–H and O–H groups in total. The Labute approximate surface area is 82.8 Å². The van der Waals surface area contributed by atoms with Crippen molar-refractivity contribution in [3.8, 4) is 0 Å². The van der Waals surface area contributed by atoms with Gasteiger partial charge in [-0.25, -0.2) is 0 Å². The fourth-order valence-corrected chi connectivity index (χ4v) is 2.35. The third kappa shape index (κ3) is 1.86. The number of benzene rings is 1. The maximum Gasteiger partial charge on any atom is 0.269 e. The predicted octanol–water partition coefficient (Wildman–Crippen LogP) is 1.51. The summed E-state index contributed by atoms with van der Waals surface area (Å²) in [7, 11) is -3.92. The van der Waals surface area contributed by atoms with Crippen molar-refractivity contribution in [3.63, 3.8) is 0 Å². The Balaban J connectivity index is 2.34. The minimum Gasteiger partial charge on any atom is -0.285 e. The van der Waals surface area contributed by atoms with Gasteiger partial charge in [-0.05, 0) is 23.1 Å². The molecule has 0 saturated carbocycles. The van der Waals surface area contributed by atoms with Gasteiger partial charge >= 0.3 is 0 Å². The summed E-state index contributed by atoms with van der Waals surface area (Å²) in [5.74, 6) is -0.288. The third-order valence-electron chi connectivity index (χ3n) is 2.27. The standard InChI is InChI=1S/C10H10O3S/c11-14(12,13)7-9-6-5-8-3-1-2-4-10(8)9/h1-4,6H,5,7H2,(H,11,12,13). The highest BCUT2D eigenvalue weighted by atomic mass is 32.2. The topological polar surface area (TPSA) is 54.4 Å². The Hall–Kier alpha value is -1.13. The smallest absolute Gasteiger partial charge is 0.269 e. The Bertz CT molecular complexity index is 486. The summed E-state index contributed by atoms with van der Waals surface area (Å²) in [5.41, 5.74) is 2.75. The molecule has 0 radical (unpaired) electrons. The van der Waals surface area contributed by atoms with Crippen LogP contribution < -0.4 is 0 Å². The molecule has 0 bridgehead atoms. The van der Waals surface area contributed by atoms with Gasteiger partial charge in [0.15, 0.2) is 0 Å². The molecule has 1 aliphatic carbocycles. The molecule has 0 aromatic heterocycles. The van der Waals surface area contributed by atoms with E-state index in [1.54, 1.807) is 0 Å². The zero-order valence-electron chi connectivity index (χ0n) is 7.47. The molecule has 4 heteroatoms. The summed E-state index contributed by atoms with van der Waals surface area (Å²) in [5, 5.41) is 0. The second-order valence-electron chi connectivity index (χ2n) is 3.32. The van der Waals surface area contributed by atoms with Crippen LogP contribution >= 0.6 is 0 Å². The van der Waals surface area contributed by atoms with Crippen molar-refractivity contribution in [2.24, 2.45) is 0 Å². The van der Waals surface area contributed by atoms with E-state index in [-0.39, 0.29) is 5.75 Å². The summed E-state index contributed by atoms with van der Waals surface area (Å²) in [4.78, 5) is 0. The van der Waals surface area contributed by atoms with Crippen molar-refractivity contribution in [1.29, 1.82) is 0 Å². The van der Waals surface area contributed by atoms with E-state index in [9.17, 15) is 8.42 Å². The van der Waals surface area contributed by atoms with Crippen LogP contribution in [0.25, 0.3) is 5.57 Å². The van der Waals surface area contributed by atoms with Crippen LogP contribution in [-0.4, -0.2) is 18.7 Å². The van der Waals surface area contributed by atoms with Gasteiger partial charge in [-0.1, -0.05) is 30.3 Å². The molecule has 3 nitrogen and oxygen atoms in total. The Morgan fingerprint density at radius 1 is 1.29 bits per heavy atom. The first-order chi connectivity index (χ1) is 6.56. The van der Waals surface area contributed by atoms with Gasteiger partial charge in [-0.3, -0.25) is 4.55 Å². The fraction of sp³-hybridized carbons (Fsp3) is 0.200. The van der Waals surface area contributed by atoms with Gasteiger partial charge in [0.2, 0.25) is 0 Å². The lowest BCUT2D eigenvalue weighted by atomic mass is 10.1. The van der Waals surface area contributed by atoms with Crippen LogP contribution in [0.1, 0.15) is 11.1 Å². The molecule has 0 saturated heterocycles. The van der Waals surface area contributed by atoms with Crippen LogP contribution in [0.2, 0.25) is 0 Å². The van der Waals surface area contributed by atoms with Gasteiger partial charge in [0, 0.05) is 0 Å². The molecule has 0 amide bonds. The number of allylic oxidation sites excluding steroid dienone is 1. The van der Waals surface area contributed by atoms with Crippen molar-refractivity contribution in [3.05, 3.63) is 41.5 Å². The van der Waals surface area contributed by atoms with E-state index in [1.807, 2.05) is 30.3 Å². The van der Waals surface area contributed by atoms with Crippen LogP contribution in [0.4, 0.5) is 0 Å². The normalized spacial score (nSPS) is 15.1. The maximum absolute atomic E-state index is 10.7. The summed E-state index contributed by atoms with van der Waals surface area (Å²) < 4.78 is 30.2. The lowest BCUT2D eigenvalue weighted by Gasteiger charge is -2.02. The molecular formula is C10H10O3S. The Kier molecular flexibility index (Phi) is 2.17. The van der Waals surface area contributed by atoms with Gasteiger partial charge in [-0.2, -0.15) is 8.42 Å². The minimum absolute atomic E-state index is 0.288. The average Bonchev–Trinajstić information content (AvgIpc) is 2.47. The number of hydrogen-bond acceptors (Lipinski definition) is 2. The molecule has 0 unspecified atom stereocenters. The summed E-state index contributed by atoms with van der Waals surface area (Å²) >= 11 is 0. The Morgan fingerprint density at radius 3 is 2.71 bits per heavy atom. The van der Waals surface area contributed by atoms with Gasteiger partial charge in [0.05, 0.1) is 0 Å². The highest BCUT2D eigenvalue weighted by Crippen LogP contribution is 2.27. The lowest BCUT2D eigenvalue weighted by Crippen LogP contribution is -2.05. The SMILES string of the molecule is O=S(=O)(O)CC1=CCc2ccccc21. The molecule has 0 spiro atoms. The zero-order valence-corrected chi connectivity index (χ0v) is 8.29. The van der Waals surface area contributed by atoms with Crippen LogP contribution in [0, 0.1) is 0 Å². The minimum atomic E-state index is -3.92. The van der Waals surface area contributed by atoms with Crippen LogP contribution in [0.15, 0.2) is 30.3 Å². The average molecular weight is 210 g/mol. The quantitative estimate of drug-likeness (QED) is 0.753. The molecule has 0 aliphatic heterocycles. The van der Waals surface area contributed by atoms with E-state index in [0.717, 1.165) is 17.5 Å². The summed E-state index contributed by atoms with van der Waals surface area (Å²) in [6, 6.07) is 7.62. The number of rotatable bonds is 2. The molecule has 74 valence electrons. The van der Waals surface area contributed by atoms with E-state index in [2.05, 4.69) is 0 Å². The molecule has 0 atom stereocenters. The molecule has 2 rings (SSSR count). The lowest BCUT2D eigenvalue weighted by molar-refractivity contribution is 0.487. The second-order valence-corrected chi connectivity index (χ2v) is 4.77. The number of hydrogen-bond donors (Lipinski definition) is 1. The summed E-state index contributed by atoms with van der Waals surface area (Å²) in [6.45, 7) is 0.